The van der Waals surface area contributed by atoms with Gasteiger partial charge in [0.1, 0.15) is 5.69 Å². The van der Waals surface area contributed by atoms with Crippen LogP contribution in [0, 0.1) is 0 Å². The summed E-state index contributed by atoms with van der Waals surface area (Å²) >= 11 is 0. The topological polar surface area (TPSA) is 99.2 Å². The van der Waals surface area contributed by atoms with E-state index < -0.39 is 21.8 Å². The fourth-order valence-corrected chi connectivity index (χ4v) is 2.84. The average Bonchev–Trinajstić information content (AvgIpc) is 2.51. The number of hydrogen-bond donors (Lipinski definition) is 0. The molecule has 1 aromatic carbocycles. The molecule has 0 aliphatic rings. The maximum Gasteiger partial charge on any atom is 0.342 e. The van der Waals surface area contributed by atoms with Crippen LogP contribution in [-0.4, -0.2) is 26.1 Å². The SMILES string of the molecule is CCCS(=O)(=O)c1ccc(N(OOC(C)=O)OC(=O)CC)cc1. The zero-order valence-electron chi connectivity index (χ0n) is 13.1. The van der Waals surface area contributed by atoms with Gasteiger partial charge in [0.05, 0.1) is 10.6 Å². The Hall–Kier alpha value is -2.13. The molecule has 0 bridgehead atoms. The Balaban J connectivity index is 2.98. The van der Waals surface area contributed by atoms with Crippen molar-refractivity contribution >= 4 is 27.5 Å². The molecule has 0 aromatic heterocycles. The third-order valence-electron chi connectivity index (χ3n) is 2.58. The van der Waals surface area contributed by atoms with Crippen LogP contribution in [0.5, 0.6) is 0 Å². The van der Waals surface area contributed by atoms with E-state index >= 15 is 0 Å². The van der Waals surface area contributed by atoms with Crippen molar-refractivity contribution in [3.8, 4) is 0 Å². The highest BCUT2D eigenvalue weighted by molar-refractivity contribution is 7.91. The van der Waals surface area contributed by atoms with Crippen LogP contribution in [0.25, 0.3) is 0 Å². The Kier molecular flexibility index (Phi) is 6.98. The van der Waals surface area contributed by atoms with Gasteiger partial charge >= 0.3 is 11.9 Å². The molecule has 0 unspecified atom stereocenters. The molecule has 0 N–H and O–H groups in total. The van der Waals surface area contributed by atoms with Crippen molar-refractivity contribution in [3.63, 3.8) is 0 Å². The second kappa shape index (κ2) is 8.49. The molecule has 23 heavy (non-hydrogen) atoms. The van der Waals surface area contributed by atoms with E-state index in [-0.39, 0.29) is 22.8 Å². The molecule has 1 rings (SSSR count). The number of rotatable bonds is 8. The van der Waals surface area contributed by atoms with Gasteiger partial charge in [-0.25, -0.2) is 18.0 Å². The molecule has 0 saturated carbocycles. The van der Waals surface area contributed by atoms with Gasteiger partial charge in [-0.2, -0.15) is 0 Å². The quantitative estimate of drug-likeness (QED) is 0.521. The predicted octanol–water partition coefficient (Wildman–Crippen LogP) is 1.95. The molecular formula is C14H19NO7S. The van der Waals surface area contributed by atoms with E-state index in [9.17, 15) is 18.0 Å². The minimum atomic E-state index is -3.36. The first kappa shape index (κ1) is 18.9. The van der Waals surface area contributed by atoms with Gasteiger partial charge in [-0.1, -0.05) is 13.8 Å². The summed E-state index contributed by atoms with van der Waals surface area (Å²) < 4.78 is 23.9. The van der Waals surface area contributed by atoms with Gasteiger partial charge in [-0.05, 0) is 40.9 Å². The summed E-state index contributed by atoms with van der Waals surface area (Å²) in [6, 6.07) is 5.44. The molecule has 8 nitrogen and oxygen atoms in total. The second-order valence-electron chi connectivity index (χ2n) is 4.54. The number of anilines is 1. The van der Waals surface area contributed by atoms with Gasteiger partial charge in [0.25, 0.3) is 0 Å². The zero-order valence-corrected chi connectivity index (χ0v) is 14.0. The van der Waals surface area contributed by atoms with Gasteiger partial charge in [0.2, 0.25) is 0 Å². The lowest BCUT2D eigenvalue weighted by molar-refractivity contribution is -0.319. The second-order valence-corrected chi connectivity index (χ2v) is 6.65. The summed E-state index contributed by atoms with van der Waals surface area (Å²) in [5.74, 6) is -1.34. The van der Waals surface area contributed by atoms with Crippen LogP contribution >= 0.6 is 0 Å². The molecule has 1 aromatic rings. The Morgan fingerprint density at radius 3 is 2.22 bits per heavy atom. The summed E-state index contributed by atoms with van der Waals surface area (Å²) in [4.78, 5) is 36.1. The molecule has 0 spiro atoms. The first-order valence-corrected chi connectivity index (χ1v) is 8.64. The van der Waals surface area contributed by atoms with Crippen molar-refractivity contribution in [1.29, 1.82) is 0 Å². The van der Waals surface area contributed by atoms with Crippen LogP contribution in [0.4, 0.5) is 5.69 Å². The highest BCUT2D eigenvalue weighted by Gasteiger charge is 2.18. The van der Waals surface area contributed by atoms with Crippen LogP contribution in [0.1, 0.15) is 33.6 Å². The van der Waals surface area contributed by atoms with Gasteiger partial charge in [-0.15, -0.1) is 0 Å². The van der Waals surface area contributed by atoms with Crippen molar-refractivity contribution in [3.05, 3.63) is 24.3 Å². The summed E-state index contributed by atoms with van der Waals surface area (Å²) in [6.45, 7) is 4.46. The number of sulfone groups is 1. The molecule has 0 aliphatic heterocycles. The Bertz CT molecular complexity index is 640. The molecule has 0 amide bonds. The maximum absolute atomic E-state index is 12.0. The molecule has 0 heterocycles. The number of hydrogen-bond acceptors (Lipinski definition) is 8. The van der Waals surface area contributed by atoms with E-state index in [0.29, 0.717) is 11.6 Å². The predicted molar refractivity (Wildman–Crippen MR) is 80.5 cm³/mol. The van der Waals surface area contributed by atoms with Crippen LogP contribution in [0.3, 0.4) is 0 Å². The largest absolute Gasteiger partial charge is 0.342 e. The lowest BCUT2D eigenvalue weighted by Gasteiger charge is -2.19. The minimum Gasteiger partial charge on any atom is -0.312 e. The minimum absolute atomic E-state index is 0.0326. The van der Waals surface area contributed by atoms with Crippen molar-refractivity contribution < 1.29 is 32.7 Å². The first-order valence-electron chi connectivity index (χ1n) is 6.99. The Labute approximate surface area is 134 Å². The van der Waals surface area contributed by atoms with Crippen LogP contribution in [0.15, 0.2) is 29.2 Å². The number of benzene rings is 1. The smallest absolute Gasteiger partial charge is 0.312 e. The number of nitrogens with zero attached hydrogens (tertiary/aromatic N) is 1. The van der Waals surface area contributed by atoms with E-state index in [1.54, 1.807) is 13.8 Å². The average molecular weight is 345 g/mol. The summed E-state index contributed by atoms with van der Waals surface area (Å²) in [5, 5.41) is 0.601. The summed E-state index contributed by atoms with van der Waals surface area (Å²) in [7, 11) is -3.36. The molecule has 0 aliphatic carbocycles. The van der Waals surface area contributed by atoms with Crippen LogP contribution < -0.4 is 5.23 Å². The third-order valence-corrected chi connectivity index (χ3v) is 4.51. The maximum atomic E-state index is 12.0. The highest BCUT2D eigenvalue weighted by atomic mass is 32.2. The number of carbonyl (C=O) groups excluding carboxylic acids is 2. The molecule has 0 radical (unpaired) electrons. The van der Waals surface area contributed by atoms with Crippen molar-refractivity contribution in [1.82, 2.24) is 0 Å². The fourth-order valence-electron chi connectivity index (χ4n) is 1.52. The standard InChI is InChI=1S/C14H19NO7S/c1-4-10-23(18,19)13-8-6-12(7-9-13)15(20-14(17)5-2)22-21-11(3)16/h6-9H,4-5,10H2,1-3H3. The summed E-state index contributed by atoms with van der Waals surface area (Å²) in [6.07, 6.45) is 0.572. The number of carbonyl (C=O) groups is 2. The van der Waals surface area contributed by atoms with E-state index in [1.165, 1.54) is 24.3 Å². The van der Waals surface area contributed by atoms with Gasteiger partial charge in [0, 0.05) is 13.3 Å². The highest BCUT2D eigenvalue weighted by Crippen LogP contribution is 2.20. The molecule has 0 saturated heterocycles. The Morgan fingerprint density at radius 2 is 1.74 bits per heavy atom. The van der Waals surface area contributed by atoms with E-state index in [0.717, 1.165) is 6.92 Å². The fraction of sp³-hybridized carbons (Fsp3) is 0.429. The van der Waals surface area contributed by atoms with E-state index in [1.807, 2.05) is 0 Å². The molecule has 0 atom stereocenters. The van der Waals surface area contributed by atoms with Gasteiger partial charge in [-0.3, -0.25) is 4.89 Å². The normalized spacial score (nSPS) is 10.9. The van der Waals surface area contributed by atoms with E-state index in [4.69, 9.17) is 4.84 Å². The molecule has 9 heteroatoms. The van der Waals surface area contributed by atoms with Crippen molar-refractivity contribution in [2.45, 2.75) is 38.5 Å². The zero-order chi connectivity index (χ0) is 17.5. The van der Waals surface area contributed by atoms with Crippen LogP contribution in [-0.2, 0) is 34.1 Å². The van der Waals surface area contributed by atoms with Gasteiger partial charge in [0.15, 0.2) is 9.84 Å². The van der Waals surface area contributed by atoms with Crippen LogP contribution in [0.2, 0.25) is 0 Å². The molecule has 128 valence electrons. The Morgan fingerprint density at radius 1 is 1.13 bits per heavy atom. The lowest BCUT2D eigenvalue weighted by Crippen LogP contribution is -2.28. The molecule has 0 fully saturated rings. The lowest BCUT2D eigenvalue weighted by atomic mass is 10.3. The summed E-state index contributed by atoms with van der Waals surface area (Å²) in [5.41, 5.74) is 0.184. The monoisotopic (exact) mass is 345 g/mol. The van der Waals surface area contributed by atoms with E-state index in [2.05, 4.69) is 9.88 Å². The van der Waals surface area contributed by atoms with Gasteiger partial charge < -0.3 is 4.84 Å². The van der Waals surface area contributed by atoms with Crippen molar-refractivity contribution in [2.24, 2.45) is 0 Å². The molecular weight excluding hydrogens is 326 g/mol. The first-order chi connectivity index (χ1) is 10.8. The third kappa shape index (κ3) is 5.87. The van der Waals surface area contributed by atoms with Crippen molar-refractivity contribution in [2.75, 3.05) is 11.0 Å².